The van der Waals surface area contributed by atoms with E-state index < -0.39 is 11.7 Å². The molecule has 0 aromatic heterocycles. The number of anilines is 2. The van der Waals surface area contributed by atoms with Crippen molar-refractivity contribution in [3.8, 4) is 6.07 Å². The number of halogens is 2. The molecule has 28 heavy (non-hydrogen) atoms. The van der Waals surface area contributed by atoms with Gasteiger partial charge in [-0.1, -0.05) is 17.7 Å². The highest BCUT2D eigenvalue weighted by Crippen LogP contribution is 2.18. The molecule has 0 fully saturated rings. The zero-order valence-electron chi connectivity index (χ0n) is 14.4. The molecule has 138 valence electrons. The first-order valence-corrected chi connectivity index (χ1v) is 8.52. The predicted octanol–water partition coefficient (Wildman–Crippen LogP) is 4.86. The van der Waals surface area contributed by atoms with E-state index in [1.165, 1.54) is 12.1 Å². The molecule has 5 nitrogen and oxygen atoms in total. The van der Waals surface area contributed by atoms with Crippen LogP contribution in [0.4, 0.5) is 15.8 Å². The average molecular weight is 394 g/mol. The topological polar surface area (TPSA) is 82.0 Å². The molecule has 0 unspecified atom stereocenters. The highest BCUT2D eigenvalue weighted by molar-refractivity contribution is 6.31. The molecule has 2 N–H and O–H groups in total. The molecule has 0 aliphatic carbocycles. The molecule has 3 aromatic carbocycles. The maximum atomic E-state index is 13.9. The van der Waals surface area contributed by atoms with Gasteiger partial charge in [0.25, 0.3) is 11.8 Å². The molecule has 3 rings (SSSR count). The van der Waals surface area contributed by atoms with Crippen LogP contribution >= 0.6 is 11.6 Å². The average Bonchev–Trinajstić information content (AvgIpc) is 2.69. The molecule has 3 aromatic rings. The first-order valence-electron chi connectivity index (χ1n) is 8.14. The third-order valence-electron chi connectivity index (χ3n) is 3.83. The van der Waals surface area contributed by atoms with Crippen molar-refractivity contribution in [1.82, 2.24) is 0 Å². The first-order chi connectivity index (χ1) is 13.5. The van der Waals surface area contributed by atoms with Crippen LogP contribution in [0.25, 0.3) is 0 Å². The maximum absolute atomic E-state index is 13.9. The molecule has 7 heteroatoms. The molecule has 0 saturated carbocycles. The Kier molecular flexibility index (Phi) is 5.68. The number of benzene rings is 3. The molecule has 2 amide bonds. The second-order valence-electron chi connectivity index (χ2n) is 5.80. The molecule has 0 radical (unpaired) electrons. The molecule has 0 heterocycles. The zero-order chi connectivity index (χ0) is 20.1. The standard InChI is InChI=1S/C21H13ClFN3O2/c22-15-3-1-2-14(11-15)20(27)25-16-5-7-17(8-6-16)26-21(28)18-9-4-13(12-24)10-19(18)23/h1-11H,(H,25,27)(H,26,28). The van der Waals surface area contributed by atoms with Gasteiger partial charge < -0.3 is 10.6 Å². The van der Waals surface area contributed by atoms with Crippen LogP contribution in [0.1, 0.15) is 26.3 Å². The van der Waals surface area contributed by atoms with Crippen LogP contribution in [0, 0.1) is 17.1 Å². The Morgan fingerprint density at radius 1 is 0.893 bits per heavy atom. The summed E-state index contributed by atoms with van der Waals surface area (Å²) in [6.07, 6.45) is 0. The van der Waals surface area contributed by atoms with Gasteiger partial charge in [-0.2, -0.15) is 5.26 Å². The summed E-state index contributed by atoms with van der Waals surface area (Å²) in [6, 6.07) is 18.3. The summed E-state index contributed by atoms with van der Waals surface area (Å²) >= 11 is 5.88. The van der Waals surface area contributed by atoms with Crippen LogP contribution in [-0.2, 0) is 0 Å². The van der Waals surface area contributed by atoms with Crippen LogP contribution in [-0.4, -0.2) is 11.8 Å². The van der Waals surface area contributed by atoms with E-state index in [0.717, 1.165) is 6.07 Å². The van der Waals surface area contributed by atoms with Gasteiger partial charge in [0.2, 0.25) is 0 Å². The summed E-state index contributed by atoms with van der Waals surface area (Å²) in [5.74, 6) is -1.74. The van der Waals surface area contributed by atoms with Gasteiger partial charge in [-0.15, -0.1) is 0 Å². The van der Waals surface area contributed by atoms with Gasteiger partial charge in [-0.25, -0.2) is 4.39 Å². The predicted molar refractivity (Wildman–Crippen MR) is 105 cm³/mol. The Balaban J connectivity index is 1.67. The smallest absolute Gasteiger partial charge is 0.258 e. The van der Waals surface area contributed by atoms with Gasteiger partial charge in [-0.05, 0) is 60.7 Å². The number of hydrogen-bond donors (Lipinski definition) is 2. The fourth-order valence-corrected chi connectivity index (χ4v) is 2.63. The van der Waals surface area contributed by atoms with E-state index >= 15 is 0 Å². The Morgan fingerprint density at radius 3 is 2.11 bits per heavy atom. The van der Waals surface area contributed by atoms with Crippen molar-refractivity contribution in [3.63, 3.8) is 0 Å². The number of nitrogens with one attached hydrogen (secondary N) is 2. The van der Waals surface area contributed by atoms with Gasteiger partial charge in [0.15, 0.2) is 0 Å². The number of amides is 2. The van der Waals surface area contributed by atoms with Crippen molar-refractivity contribution < 1.29 is 14.0 Å². The molecular formula is C21H13ClFN3O2. The van der Waals surface area contributed by atoms with Crippen molar-refractivity contribution in [3.05, 3.63) is 94.3 Å². The lowest BCUT2D eigenvalue weighted by Crippen LogP contribution is -2.14. The minimum absolute atomic E-state index is 0.133. The Bertz CT molecular complexity index is 1090. The molecular weight excluding hydrogens is 381 g/mol. The largest absolute Gasteiger partial charge is 0.322 e. The molecule has 0 saturated heterocycles. The number of nitriles is 1. The minimum atomic E-state index is -0.776. The van der Waals surface area contributed by atoms with Gasteiger partial charge in [0, 0.05) is 22.0 Å². The van der Waals surface area contributed by atoms with Crippen molar-refractivity contribution in [2.24, 2.45) is 0 Å². The molecule has 0 spiro atoms. The van der Waals surface area contributed by atoms with E-state index in [-0.39, 0.29) is 17.0 Å². The fourth-order valence-electron chi connectivity index (χ4n) is 2.44. The van der Waals surface area contributed by atoms with E-state index in [4.69, 9.17) is 16.9 Å². The van der Waals surface area contributed by atoms with E-state index in [9.17, 15) is 14.0 Å². The van der Waals surface area contributed by atoms with E-state index in [0.29, 0.717) is 22.0 Å². The lowest BCUT2D eigenvalue weighted by molar-refractivity contribution is 0.101. The second kappa shape index (κ2) is 8.33. The van der Waals surface area contributed by atoms with Crippen molar-refractivity contribution in [2.75, 3.05) is 10.6 Å². The summed E-state index contributed by atoms with van der Waals surface area (Å²) in [7, 11) is 0. The van der Waals surface area contributed by atoms with Crippen LogP contribution in [0.3, 0.4) is 0 Å². The Labute approximate surface area is 165 Å². The first kappa shape index (κ1) is 19.1. The number of hydrogen-bond acceptors (Lipinski definition) is 3. The summed E-state index contributed by atoms with van der Waals surface area (Å²) in [5.41, 5.74) is 1.33. The SMILES string of the molecule is N#Cc1ccc(C(=O)Nc2ccc(NC(=O)c3cccc(Cl)c3)cc2)c(F)c1. The fraction of sp³-hybridized carbons (Fsp3) is 0. The molecule has 0 aliphatic heterocycles. The van der Waals surface area contributed by atoms with Gasteiger partial charge in [0.1, 0.15) is 5.82 Å². The van der Waals surface area contributed by atoms with E-state index in [1.54, 1.807) is 54.6 Å². The van der Waals surface area contributed by atoms with Crippen molar-refractivity contribution in [1.29, 1.82) is 5.26 Å². The number of rotatable bonds is 4. The van der Waals surface area contributed by atoms with Gasteiger partial charge >= 0.3 is 0 Å². The van der Waals surface area contributed by atoms with Crippen LogP contribution in [0.15, 0.2) is 66.7 Å². The Morgan fingerprint density at radius 2 is 1.54 bits per heavy atom. The van der Waals surface area contributed by atoms with E-state index in [2.05, 4.69) is 10.6 Å². The van der Waals surface area contributed by atoms with Crippen LogP contribution < -0.4 is 10.6 Å². The lowest BCUT2D eigenvalue weighted by Gasteiger charge is -2.09. The normalized spacial score (nSPS) is 10.0. The lowest BCUT2D eigenvalue weighted by atomic mass is 10.1. The monoisotopic (exact) mass is 393 g/mol. The second-order valence-corrected chi connectivity index (χ2v) is 6.24. The van der Waals surface area contributed by atoms with Crippen molar-refractivity contribution in [2.45, 2.75) is 0 Å². The third kappa shape index (κ3) is 4.53. The zero-order valence-corrected chi connectivity index (χ0v) is 15.1. The van der Waals surface area contributed by atoms with Gasteiger partial charge in [0.05, 0.1) is 17.2 Å². The van der Waals surface area contributed by atoms with E-state index in [1.807, 2.05) is 0 Å². The minimum Gasteiger partial charge on any atom is -0.322 e. The highest BCUT2D eigenvalue weighted by Gasteiger charge is 2.13. The number of carbonyl (C=O) groups is 2. The molecule has 0 bridgehead atoms. The highest BCUT2D eigenvalue weighted by atomic mass is 35.5. The third-order valence-corrected chi connectivity index (χ3v) is 4.07. The summed E-state index contributed by atoms with van der Waals surface area (Å²) in [4.78, 5) is 24.4. The quantitative estimate of drug-likeness (QED) is 0.664. The summed E-state index contributed by atoms with van der Waals surface area (Å²) < 4.78 is 13.9. The molecule has 0 aliphatic rings. The van der Waals surface area contributed by atoms with Crippen molar-refractivity contribution >= 4 is 34.8 Å². The molecule has 0 atom stereocenters. The number of nitrogens with zero attached hydrogens (tertiary/aromatic N) is 1. The summed E-state index contributed by atoms with van der Waals surface area (Å²) in [6.45, 7) is 0. The Hall–Kier alpha value is -3.69. The maximum Gasteiger partial charge on any atom is 0.258 e. The summed E-state index contributed by atoms with van der Waals surface area (Å²) in [5, 5.41) is 14.5. The number of carbonyl (C=O) groups excluding carboxylic acids is 2. The van der Waals surface area contributed by atoms with Crippen LogP contribution in [0.5, 0.6) is 0 Å². The van der Waals surface area contributed by atoms with Crippen LogP contribution in [0.2, 0.25) is 5.02 Å². The van der Waals surface area contributed by atoms with Gasteiger partial charge in [-0.3, -0.25) is 9.59 Å².